The Bertz CT molecular complexity index is 1310. The van der Waals surface area contributed by atoms with E-state index in [4.69, 9.17) is 4.74 Å². The van der Waals surface area contributed by atoms with Crippen molar-refractivity contribution in [2.24, 2.45) is 0 Å². The summed E-state index contributed by atoms with van der Waals surface area (Å²) >= 11 is 0. The van der Waals surface area contributed by atoms with Gasteiger partial charge in [0.2, 0.25) is 0 Å². The van der Waals surface area contributed by atoms with Crippen molar-refractivity contribution in [3.63, 3.8) is 0 Å². The Morgan fingerprint density at radius 2 is 2.00 bits per heavy atom. The molecule has 0 saturated carbocycles. The van der Waals surface area contributed by atoms with Crippen LogP contribution in [0.4, 0.5) is 14.6 Å². The number of benzene rings is 1. The lowest BCUT2D eigenvalue weighted by molar-refractivity contribution is 0.105. The van der Waals surface area contributed by atoms with Crippen molar-refractivity contribution in [1.82, 2.24) is 29.5 Å². The van der Waals surface area contributed by atoms with Gasteiger partial charge in [0.15, 0.2) is 5.65 Å². The second-order valence-corrected chi connectivity index (χ2v) is 8.52. The molecule has 3 aromatic heterocycles. The highest BCUT2D eigenvalue weighted by Crippen LogP contribution is 2.29. The average molecular weight is 468 g/mol. The number of anilines is 1. The predicted octanol–water partition coefficient (Wildman–Crippen LogP) is 4.36. The van der Waals surface area contributed by atoms with Crippen molar-refractivity contribution in [2.45, 2.75) is 31.9 Å². The molecular weight excluding hydrogens is 440 g/mol. The molecule has 1 N–H and O–H groups in total. The minimum Gasteiger partial charge on any atom is -0.460 e. The first-order valence-corrected chi connectivity index (χ1v) is 11.2. The average Bonchev–Trinajstić information content (AvgIpc) is 3.25. The topological polar surface area (TPSA) is 80.5 Å². The number of nitrogens with one attached hydrogen (secondary N) is 1. The van der Waals surface area contributed by atoms with Crippen LogP contribution in [0.15, 0.2) is 48.9 Å². The Labute approximate surface area is 197 Å². The van der Waals surface area contributed by atoms with Crippen LogP contribution in [0, 0.1) is 11.6 Å². The van der Waals surface area contributed by atoms with E-state index in [1.807, 2.05) is 6.20 Å². The first-order valence-electron chi connectivity index (χ1n) is 11.2. The highest BCUT2D eigenvalue weighted by molar-refractivity contribution is 5.75. The molecule has 1 atom stereocenters. The number of piperidine rings is 1. The summed E-state index contributed by atoms with van der Waals surface area (Å²) in [5.74, 6) is -0.782. The molecule has 10 heteroatoms. The number of hydrogen-bond donors (Lipinski definition) is 1. The first-order chi connectivity index (χ1) is 16.5. The van der Waals surface area contributed by atoms with E-state index >= 15 is 0 Å². The van der Waals surface area contributed by atoms with E-state index in [9.17, 15) is 8.78 Å². The van der Waals surface area contributed by atoms with Crippen LogP contribution >= 0.6 is 0 Å². The number of nitrogens with zero attached hydrogens (tertiary/aromatic N) is 6. The summed E-state index contributed by atoms with van der Waals surface area (Å²) in [6, 6.07) is 6.85. The van der Waals surface area contributed by atoms with Crippen LogP contribution in [0.25, 0.3) is 16.9 Å². The first kappa shape index (κ1) is 22.1. The summed E-state index contributed by atoms with van der Waals surface area (Å²) in [4.78, 5) is 15.9. The van der Waals surface area contributed by atoms with Gasteiger partial charge in [-0.05, 0) is 38.9 Å². The molecule has 0 bridgehead atoms. The maximum atomic E-state index is 14.3. The van der Waals surface area contributed by atoms with E-state index in [-0.39, 0.29) is 13.5 Å². The molecule has 1 saturated heterocycles. The maximum absolute atomic E-state index is 14.3. The third kappa shape index (κ3) is 4.67. The number of hydrogen-bond acceptors (Lipinski definition) is 7. The Morgan fingerprint density at radius 3 is 2.79 bits per heavy atom. The Balaban J connectivity index is 0.00000289. The summed E-state index contributed by atoms with van der Waals surface area (Å²) in [7, 11) is 2.09. The zero-order valence-corrected chi connectivity index (χ0v) is 18.9. The van der Waals surface area contributed by atoms with Gasteiger partial charge in [-0.1, -0.05) is 6.07 Å². The second-order valence-electron chi connectivity index (χ2n) is 8.52. The van der Waals surface area contributed by atoms with Gasteiger partial charge < -0.3 is 15.0 Å². The van der Waals surface area contributed by atoms with Crippen molar-refractivity contribution >= 4 is 11.5 Å². The van der Waals surface area contributed by atoms with Crippen LogP contribution in [0.2, 0.25) is 0 Å². The molecule has 34 heavy (non-hydrogen) atoms. The third-order valence-corrected chi connectivity index (χ3v) is 5.99. The summed E-state index contributed by atoms with van der Waals surface area (Å²) in [6.07, 6.45) is 6.95. The quantitative estimate of drug-likeness (QED) is 0.451. The summed E-state index contributed by atoms with van der Waals surface area (Å²) in [6.45, 7) is 3.66. The molecule has 0 radical (unpaired) electrons. The normalized spacial score (nSPS) is 16.0. The van der Waals surface area contributed by atoms with Crippen LogP contribution < -0.4 is 10.1 Å². The standard InChI is InChI=1S/C24H25F2N7O.H2/c1-15(18-5-4-16(25)12-20(18)26)29-22-13-21(19-14-28-33-9-3-8-27-23(19)33)30-24(31-22)34-17-6-10-32(2)11-7-17;/h3-5,8-9,12-15,17H,6-7,10-11H2,1-2H3,(H,29,30,31);1H/t15-;/m0./s1. The fourth-order valence-electron chi connectivity index (χ4n) is 4.10. The van der Waals surface area contributed by atoms with Gasteiger partial charge >= 0.3 is 6.01 Å². The number of rotatable bonds is 6. The van der Waals surface area contributed by atoms with Crippen LogP contribution in [-0.4, -0.2) is 55.7 Å². The highest BCUT2D eigenvalue weighted by Gasteiger charge is 2.21. The highest BCUT2D eigenvalue weighted by atomic mass is 19.1. The number of ether oxygens (including phenoxy) is 1. The molecule has 1 aliphatic rings. The number of aromatic nitrogens is 5. The van der Waals surface area contributed by atoms with Gasteiger partial charge in [-0.25, -0.2) is 18.3 Å². The van der Waals surface area contributed by atoms with Gasteiger partial charge in [0.05, 0.1) is 23.5 Å². The van der Waals surface area contributed by atoms with Crippen molar-refractivity contribution in [1.29, 1.82) is 0 Å². The van der Waals surface area contributed by atoms with E-state index < -0.39 is 17.7 Å². The molecule has 178 valence electrons. The summed E-state index contributed by atoms with van der Waals surface area (Å²) in [5.41, 5.74) is 2.29. The van der Waals surface area contributed by atoms with E-state index in [0.29, 0.717) is 22.7 Å². The van der Waals surface area contributed by atoms with Crippen LogP contribution in [-0.2, 0) is 0 Å². The minimum absolute atomic E-state index is 0. The Hall–Kier alpha value is -3.66. The molecule has 0 aliphatic carbocycles. The maximum Gasteiger partial charge on any atom is 0.319 e. The van der Waals surface area contributed by atoms with E-state index in [1.54, 1.807) is 36.0 Å². The number of fused-ring (bicyclic) bond motifs is 1. The molecule has 1 aromatic carbocycles. The van der Waals surface area contributed by atoms with Crippen molar-refractivity contribution < 1.29 is 14.9 Å². The Kier molecular flexibility index (Phi) is 6.06. The van der Waals surface area contributed by atoms with E-state index in [1.165, 1.54) is 12.1 Å². The lowest BCUT2D eigenvalue weighted by Crippen LogP contribution is -2.36. The summed E-state index contributed by atoms with van der Waals surface area (Å²) < 4.78 is 35.5. The van der Waals surface area contributed by atoms with Gasteiger partial charge in [0.25, 0.3) is 0 Å². The second kappa shape index (κ2) is 9.30. The van der Waals surface area contributed by atoms with Crippen LogP contribution in [0.3, 0.4) is 0 Å². The molecule has 4 heterocycles. The molecule has 0 amide bonds. The fourth-order valence-corrected chi connectivity index (χ4v) is 4.10. The van der Waals surface area contributed by atoms with E-state index in [0.717, 1.165) is 37.6 Å². The van der Waals surface area contributed by atoms with Gasteiger partial charge in [0, 0.05) is 44.6 Å². The monoisotopic (exact) mass is 467 g/mol. The zero-order chi connectivity index (χ0) is 23.7. The van der Waals surface area contributed by atoms with Gasteiger partial charge in [-0.3, -0.25) is 0 Å². The smallest absolute Gasteiger partial charge is 0.319 e. The Morgan fingerprint density at radius 1 is 1.18 bits per heavy atom. The van der Waals surface area contributed by atoms with Gasteiger partial charge in [-0.15, -0.1) is 0 Å². The largest absolute Gasteiger partial charge is 0.460 e. The van der Waals surface area contributed by atoms with Gasteiger partial charge in [0.1, 0.15) is 23.6 Å². The molecule has 0 unspecified atom stereocenters. The van der Waals surface area contributed by atoms with Crippen molar-refractivity contribution in [2.75, 3.05) is 25.5 Å². The number of halogens is 2. The fraction of sp³-hybridized carbons (Fsp3) is 0.333. The molecule has 5 rings (SSSR count). The van der Waals surface area contributed by atoms with Crippen molar-refractivity contribution in [3.8, 4) is 17.3 Å². The molecule has 8 nitrogen and oxygen atoms in total. The molecule has 1 aliphatic heterocycles. The lowest BCUT2D eigenvalue weighted by Gasteiger charge is -2.28. The third-order valence-electron chi connectivity index (χ3n) is 5.99. The van der Waals surface area contributed by atoms with E-state index in [2.05, 4.69) is 37.3 Å². The molecule has 4 aromatic rings. The summed E-state index contributed by atoms with van der Waals surface area (Å²) in [5, 5.41) is 7.55. The molecular formula is C24H27F2N7O. The van der Waals surface area contributed by atoms with Crippen molar-refractivity contribution in [3.05, 3.63) is 66.1 Å². The minimum atomic E-state index is -0.621. The van der Waals surface area contributed by atoms with Crippen LogP contribution in [0.5, 0.6) is 6.01 Å². The zero-order valence-electron chi connectivity index (χ0n) is 18.9. The lowest BCUT2D eigenvalue weighted by atomic mass is 10.1. The SMILES string of the molecule is C[C@H](Nc1cc(-c2cnn3cccnc23)nc(OC2CCN(C)CC2)n1)c1ccc(F)cc1F.[HH]. The van der Waals surface area contributed by atoms with Crippen LogP contribution in [0.1, 0.15) is 32.8 Å². The molecule has 1 fully saturated rings. The van der Waals surface area contributed by atoms with Gasteiger partial charge in [-0.2, -0.15) is 15.1 Å². The predicted molar refractivity (Wildman–Crippen MR) is 126 cm³/mol. The molecule has 0 spiro atoms. The number of likely N-dealkylation sites (tertiary alicyclic amines) is 1.